The van der Waals surface area contributed by atoms with Crippen LogP contribution in [0.25, 0.3) is 0 Å². The summed E-state index contributed by atoms with van der Waals surface area (Å²) in [6.07, 6.45) is 14.6. The fourth-order valence-electron chi connectivity index (χ4n) is 9.05. The predicted octanol–water partition coefficient (Wildman–Crippen LogP) is 2.92. The summed E-state index contributed by atoms with van der Waals surface area (Å²) < 4.78 is 0. The first kappa shape index (κ1) is 19.5. The van der Waals surface area contributed by atoms with Gasteiger partial charge in [-0.1, -0.05) is 50.7 Å². The molecule has 8 aliphatic rings. The van der Waals surface area contributed by atoms with Gasteiger partial charge in [-0.05, 0) is 49.4 Å². The number of carbonyl (C=O) groups excluding carboxylic acids is 4. The molecule has 2 heterocycles. The van der Waals surface area contributed by atoms with Crippen molar-refractivity contribution in [1.82, 2.24) is 9.80 Å². The van der Waals surface area contributed by atoms with E-state index in [4.69, 9.17) is 0 Å². The van der Waals surface area contributed by atoms with Crippen LogP contribution in [0.4, 0.5) is 0 Å². The maximum Gasteiger partial charge on any atom is 0.233 e. The van der Waals surface area contributed by atoms with E-state index in [1.54, 1.807) is 9.80 Å². The van der Waals surface area contributed by atoms with Crippen LogP contribution in [0.3, 0.4) is 0 Å². The van der Waals surface area contributed by atoms with Gasteiger partial charge in [0.25, 0.3) is 0 Å². The molecule has 4 amide bonds. The number of hydrogen-bond donors (Lipinski definition) is 0. The van der Waals surface area contributed by atoms with Gasteiger partial charge >= 0.3 is 0 Å². The third kappa shape index (κ3) is 2.27. The zero-order valence-corrected chi connectivity index (χ0v) is 18.5. The van der Waals surface area contributed by atoms with Gasteiger partial charge in [-0.2, -0.15) is 0 Å². The normalized spacial score (nSPS) is 45.9. The van der Waals surface area contributed by atoms with E-state index in [1.807, 2.05) is 0 Å². The zero-order valence-electron chi connectivity index (χ0n) is 18.5. The van der Waals surface area contributed by atoms with Crippen molar-refractivity contribution in [1.29, 1.82) is 0 Å². The number of amides is 4. The molecule has 2 aliphatic heterocycles. The Bertz CT molecular complexity index is 874. The number of carbonyl (C=O) groups is 4. The van der Waals surface area contributed by atoms with E-state index in [2.05, 4.69) is 12.2 Å². The van der Waals surface area contributed by atoms with Crippen molar-refractivity contribution in [3.8, 4) is 0 Å². The van der Waals surface area contributed by atoms with Crippen molar-refractivity contribution in [3.05, 3.63) is 12.2 Å². The van der Waals surface area contributed by atoms with E-state index >= 15 is 0 Å². The smallest absolute Gasteiger partial charge is 0.233 e. The number of likely N-dealkylation sites (tertiary alicyclic amines) is 2. The number of nitrogens with zero attached hydrogens (tertiary/aromatic N) is 2. The Kier molecular flexibility index (Phi) is 4.12. The molecular formula is C26H32N2O4. The van der Waals surface area contributed by atoms with Crippen LogP contribution in [0.15, 0.2) is 12.2 Å². The summed E-state index contributed by atoms with van der Waals surface area (Å²) in [5.74, 6) is -1.11. The van der Waals surface area contributed by atoms with Crippen LogP contribution in [-0.4, -0.2) is 45.5 Å². The number of imide groups is 2. The summed E-state index contributed by atoms with van der Waals surface area (Å²) in [6, 6.07) is 0.113. The Hall–Kier alpha value is -1.98. The van der Waals surface area contributed by atoms with Crippen LogP contribution in [0.2, 0.25) is 0 Å². The molecule has 6 heteroatoms. The predicted molar refractivity (Wildman–Crippen MR) is 115 cm³/mol. The molecular weight excluding hydrogens is 404 g/mol. The SMILES string of the molecule is O=C1[C@@H]2[C@H]3C=C[C@@H]([C@@H]2C(=O)N1C1CCCCC1)[C@@H]1[C@@H]2C(=O)N(C4CCCCC4)C(=O)[C@H]2[C@H]31. The summed E-state index contributed by atoms with van der Waals surface area (Å²) in [5.41, 5.74) is 0. The minimum Gasteiger partial charge on any atom is -0.279 e. The third-order valence-electron chi connectivity index (χ3n) is 10.3. The Labute approximate surface area is 188 Å². The molecule has 0 N–H and O–H groups in total. The maximum absolute atomic E-state index is 13.6. The molecule has 8 atom stereocenters. The van der Waals surface area contributed by atoms with Crippen molar-refractivity contribution in [2.75, 3.05) is 0 Å². The van der Waals surface area contributed by atoms with Crippen molar-refractivity contribution in [3.63, 3.8) is 0 Å². The second-order valence-corrected chi connectivity index (χ2v) is 11.5. The van der Waals surface area contributed by atoms with Crippen molar-refractivity contribution >= 4 is 23.6 Å². The molecule has 0 aromatic heterocycles. The van der Waals surface area contributed by atoms with E-state index in [0.29, 0.717) is 0 Å². The summed E-state index contributed by atoms with van der Waals surface area (Å²) in [4.78, 5) is 57.4. The lowest BCUT2D eigenvalue weighted by Crippen LogP contribution is -2.63. The molecule has 32 heavy (non-hydrogen) atoms. The largest absolute Gasteiger partial charge is 0.279 e. The zero-order chi connectivity index (χ0) is 21.7. The highest BCUT2D eigenvalue weighted by Gasteiger charge is 2.75. The monoisotopic (exact) mass is 436 g/mol. The lowest BCUT2D eigenvalue weighted by atomic mass is 9.40. The molecule has 0 unspecified atom stereocenters. The second-order valence-electron chi connectivity index (χ2n) is 11.5. The molecule has 4 saturated carbocycles. The quantitative estimate of drug-likeness (QED) is 0.493. The van der Waals surface area contributed by atoms with Crippen molar-refractivity contribution < 1.29 is 19.2 Å². The fourth-order valence-corrected chi connectivity index (χ4v) is 9.05. The van der Waals surface area contributed by atoms with Gasteiger partial charge in [0.2, 0.25) is 23.6 Å². The van der Waals surface area contributed by atoms with Crippen molar-refractivity contribution in [2.24, 2.45) is 47.3 Å². The van der Waals surface area contributed by atoms with Gasteiger partial charge in [0.05, 0.1) is 23.7 Å². The van der Waals surface area contributed by atoms with Gasteiger partial charge in [0.1, 0.15) is 0 Å². The summed E-state index contributed by atoms with van der Waals surface area (Å²) in [5, 5.41) is 0. The highest BCUT2D eigenvalue weighted by molar-refractivity contribution is 6.09. The Balaban J connectivity index is 1.20. The van der Waals surface area contributed by atoms with Crippen LogP contribution >= 0.6 is 0 Å². The summed E-state index contributed by atoms with van der Waals surface area (Å²) in [7, 11) is 0. The Morgan fingerprint density at radius 1 is 0.500 bits per heavy atom. The topological polar surface area (TPSA) is 74.8 Å². The average molecular weight is 437 g/mol. The number of rotatable bonds is 2. The minimum atomic E-state index is -0.312. The minimum absolute atomic E-state index is 0.00839. The van der Waals surface area contributed by atoms with E-state index in [9.17, 15) is 19.2 Å². The van der Waals surface area contributed by atoms with Crippen LogP contribution in [0, 0.1) is 47.3 Å². The van der Waals surface area contributed by atoms with E-state index in [-0.39, 0.29) is 83.1 Å². The van der Waals surface area contributed by atoms with E-state index in [1.165, 1.54) is 12.8 Å². The van der Waals surface area contributed by atoms with Gasteiger partial charge in [-0.15, -0.1) is 0 Å². The maximum atomic E-state index is 13.6. The first-order chi connectivity index (χ1) is 15.6. The number of allylic oxidation sites excluding steroid dienone is 2. The third-order valence-corrected chi connectivity index (χ3v) is 10.3. The number of hydrogen-bond acceptors (Lipinski definition) is 4. The molecule has 0 radical (unpaired) electrons. The average Bonchev–Trinajstić information content (AvgIpc) is 3.19. The molecule has 0 spiro atoms. The van der Waals surface area contributed by atoms with Crippen LogP contribution < -0.4 is 0 Å². The first-order valence-electron chi connectivity index (χ1n) is 13.0. The molecule has 0 aromatic carbocycles. The van der Waals surface area contributed by atoms with Gasteiger partial charge < -0.3 is 0 Å². The molecule has 0 aromatic rings. The molecule has 6 fully saturated rings. The van der Waals surface area contributed by atoms with Crippen LogP contribution in [0.5, 0.6) is 0 Å². The Morgan fingerprint density at radius 2 is 0.844 bits per heavy atom. The molecule has 6 nitrogen and oxygen atoms in total. The van der Waals surface area contributed by atoms with Gasteiger partial charge in [0.15, 0.2) is 0 Å². The lowest BCUT2D eigenvalue weighted by molar-refractivity contribution is -0.166. The second kappa shape index (κ2) is 6.77. The van der Waals surface area contributed by atoms with E-state index in [0.717, 1.165) is 51.4 Å². The molecule has 6 aliphatic carbocycles. The highest BCUT2D eigenvalue weighted by Crippen LogP contribution is 2.68. The molecule has 170 valence electrons. The summed E-state index contributed by atoms with van der Waals surface area (Å²) >= 11 is 0. The number of fused-ring (bicyclic) bond motifs is 1. The van der Waals surface area contributed by atoms with E-state index < -0.39 is 0 Å². The van der Waals surface area contributed by atoms with Crippen LogP contribution in [-0.2, 0) is 19.2 Å². The van der Waals surface area contributed by atoms with Crippen LogP contribution in [0.1, 0.15) is 64.2 Å². The molecule has 8 rings (SSSR count). The summed E-state index contributed by atoms with van der Waals surface area (Å²) in [6.45, 7) is 0. The Morgan fingerprint density at radius 3 is 1.22 bits per heavy atom. The highest BCUT2D eigenvalue weighted by atomic mass is 16.2. The molecule has 2 saturated heterocycles. The van der Waals surface area contributed by atoms with Gasteiger partial charge in [-0.25, -0.2) is 0 Å². The van der Waals surface area contributed by atoms with Crippen molar-refractivity contribution in [2.45, 2.75) is 76.3 Å². The first-order valence-corrected chi connectivity index (χ1v) is 13.0. The lowest BCUT2D eigenvalue weighted by Gasteiger charge is -2.60. The molecule has 2 bridgehead atoms. The van der Waals surface area contributed by atoms with Gasteiger partial charge in [-0.3, -0.25) is 29.0 Å². The standard InChI is InChI=1S/C26H32N2O4/c29-23-19-15-11-12-16(20(19)24(30)27(23)13-7-3-1-4-8-13)18-17(15)21-22(18)26(32)28(25(21)31)14-9-5-2-6-10-14/h11-22H,1-10H2/t15-,16+,17+,18-,19+,20-,21-,22-/m0/s1. The van der Waals surface area contributed by atoms with Gasteiger partial charge in [0, 0.05) is 12.1 Å². The fraction of sp³-hybridized carbons (Fsp3) is 0.769.